The zero-order chi connectivity index (χ0) is 17.0. The molecular weight excluding hydrogens is 348 g/mol. The SMILES string of the molecule is CCC1CCc2nc(NC(=O)CNC(=O)[C@@H](N)C(C)C)sc2C1.Cl. The molecule has 6 nitrogen and oxygen atoms in total. The third-order valence-electron chi connectivity index (χ3n) is 4.31. The number of nitrogens with two attached hydrogens (primary N) is 1. The maximum Gasteiger partial charge on any atom is 0.245 e. The number of hydrogen-bond acceptors (Lipinski definition) is 5. The molecular formula is C16H27ClN4O2S. The Bertz CT molecular complexity index is 576. The van der Waals surface area contributed by atoms with Gasteiger partial charge in [0.05, 0.1) is 18.3 Å². The molecule has 2 atom stereocenters. The van der Waals surface area contributed by atoms with Crippen molar-refractivity contribution in [2.75, 3.05) is 11.9 Å². The van der Waals surface area contributed by atoms with E-state index in [0.29, 0.717) is 5.13 Å². The first-order chi connectivity index (χ1) is 10.9. The van der Waals surface area contributed by atoms with E-state index in [2.05, 4.69) is 22.5 Å². The minimum Gasteiger partial charge on any atom is -0.346 e. The van der Waals surface area contributed by atoms with Crippen LogP contribution in [-0.2, 0) is 22.4 Å². The summed E-state index contributed by atoms with van der Waals surface area (Å²) in [6, 6.07) is -0.596. The van der Waals surface area contributed by atoms with Crippen LogP contribution in [0, 0.1) is 11.8 Å². The van der Waals surface area contributed by atoms with Gasteiger partial charge in [0.15, 0.2) is 5.13 Å². The molecule has 2 rings (SSSR count). The number of nitrogens with zero attached hydrogens (tertiary/aromatic N) is 1. The number of anilines is 1. The average Bonchev–Trinajstić information content (AvgIpc) is 2.92. The summed E-state index contributed by atoms with van der Waals surface area (Å²) < 4.78 is 0. The fourth-order valence-corrected chi connectivity index (χ4v) is 3.74. The Morgan fingerprint density at radius 3 is 2.75 bits per heavy atom. The van der Waals surface area contributed by atoms with Crippen molar-refractivity contribution in [1.82, 2.24) is 10.3 Å². The molecule has 0 fully saturated rings. The number of hydrogen-bond donors (Lipinski definition) is 3. The van der Waals surface area contributed by atoms with Gasteiger partial charge in [-0.2, -0.15) is 0 Å². The Labute approximate surface area is 153 Å². The molecule has 0 spiro atoms. The fraction of sp³-hybridized carbons (Fsp3) is 0.688. The smallest absolute Gasteiger partial charge is 0.245 e. The van der Waals surface area contributed by atoms with Gasteiger partial charge < -0.3 is 16.4 Å². The molecule has 136 valence electrons. The van der Waals surface area contributed by atoms with Gasteiger partial charge >= 0.3 is 0 Å². The number of aryl methyl sites for hydroxylation is 1. The zero-order valence-corrected chi connectivity index (χ0v) is 16.1. The highest BCUT2D eigenvalue weighted by Crippen LogP contribution is 2.33. The average molecular weight is 375 g/mol. The van der Waals surface area contributed by atoms with Gasteiger partial charge in [0.2, 0.25) is 11.8 Å². The van der Waals surface area contributed by atoms with Crippen molar-refractivity contribution < 1.29 is 9.59 Å². The Balaban J connectivity index is 0.00000288. The zero-order valence-electron chi connectivity index (χ0n) is 14.4. The van der Waals surface area contributed by atoms with Crippen LogP contribution in [0.3, 0.4) is 0 Å². The van der Waals surface area contributed by atoms with Crippen LogP contribution in [0.15, 0.2) is 0 Å². The van der Waals surface area contributed by atoms with Crippen molar-refractivity contribution in [2.24, 2.45) is 17.6 Å². The van der Waals surface area contributed by atoms with Crippen molar-refractivity contribution in [3.63, 3.8) is 0 Å². The lowest BCUT2D eigenvalue weighted by atomic mass is 9.89. The van der Waals surface area contributed by atoms with Crippen molar-refractivity contribution >= 4 is 40.7 Å². The molecule has 1 heterocycles. The highest BCUT2D eigenvalue weighted by atomic mass is 35.5. The number of nitrogens with one attached hydrogen (secondary N) is 2. The molecule has 0 aromatic carbocycles. The number of fused-ring (bicyclic) bond motifs is 1. The normalized spacial score (nSPS) is 17.6. The van der Waals surface area contributed by atoms with E-state index in [1.165, 1.54) is 17.7 Å². The quantitative estimate of drug-likeness (QED) is 0.710. The molecule has 8 heteroatoms. The predicted octanol–water partition coefficient (Wildman–Crippen LogP) is 2.12. The van der Waals surface area contributed by atoms with E-state index in [0.717, 1.165) is 24.5 Å². The van der Waals surface area contributed by atoms with Crippen LogP contribution < -0.4 is 16.4 Å². The highest BCUT2D eigenvalue weighted by Gasteiger charge is 2.22. The molecule has 1 aromatic rings. The van der Waals surface area contributed by atoms with Crippen LogP contribution in [0.5, 0.6) is 0 Å². The van der Waals surface area contributed by atoms with Crippen LogP contribution in [-0.4, -0.2) is 29.4 Å². The monoisotopic (exact) mass is 374 g/mol. The molecule has 0 saturated carbocycles. The Morgan fingerprint density at radius 1 is 1.42 bits per heavy atom. The number of amides is 2. The van der Waals surface area contributed by atoms with Crippen LogP contribution in [0.1, 0.15) is 44.2 Å². The summed E-state index contributed by atoms with van der Waals surface area (Å²) in [4.78, 5) is 29.5. The number of rotatable bonds is 6. The van der Waals surface area contributed by atoms with Gasteiger partial charge in [0, 0.05) is 4.88 Å². The molecule has 24 heavy (non-hydrogen) atoms. The summed E-state index contributed by atoms with van der Waals surface area (Å²) >= 11 is 1.55. The van der Waals surface area contributed by atoms with Gasteiger partial charge in [-0.15, -0.1) is 23.7 Å². The van der Waals surface area contributed by atoms with Gasteiger partial charge in [0.25, 0.3) is 0 Å². The van der Waals surface area contributed by atoms with E-state index >= 15 is 0 Å². The first-order valence-electron chi connectivity index (χ1n) is 8.22. The maximum absolute atomic E-state index is 11.9. The van der Waals surface area contributed by atoms with Crippen molar-refractivity contribution in [2.45, 2.75) is 52.5 Å². The Morgan fingerprint density at radius 2 is 2.12 bits per heavy atom. The van der Waals surface area contributed by atoms with Gasteiger partial charge in [-0.25, -0.2) is 4.98 Å². The van der Waals surface area contributed by atoms with Crippen LogP contribution in [0.4, 0.5) is 5.13 Å². The lowest BCUT2D eigenvalue weighted by Gasteiger charge is -2.18. The molecule has 1 aliphatic carbocycles. The van der Waals surface area contributed by atoms with Gasteiger partial charge in [-0.3, -0.25) is 9.59 Å². The van der Waals surface area contributed by atoms with Crippen molar-refractivity contribution in [3.8, 4) is 0 Å². The predicted molar refractivity (Wildman–Crippen MR) is 99.6 cm³/mol. The third-order valence-corrected chi connectivity index (χ3v) is 5.34. The van der Waals surface area contributed by atoms with E-state index in [9.17, 15) is 9.59 Å². The second kappa shape index (κ2) is 9.34. The number of carbonyl (C=O) groups is 2. The first kappa shape index (κ1) is 20.9. The molecule has 4 N–H and O–H groups in total. The molecule has 0 saturated heterocycles. The summed E-state index contributed by atoms with van der Waals surface area (Å²) in [5.74, 6) is 0.186. The van der Waals surface area contributed by atoms with Gasteiger partial charge in [0.1, 0.15) is 0 Å². The van der Waals surface area contributed by atoms with Crippen molar-refractivity contribution in [3.05, 3.63) is 10.6 Å². The molecule has 1 unspecified atom stereocenters. The third kappa shape index (κ3) is 5.43. The number of thiazole rings is 1. The second-order valence-corrected chi connectivity index (χ2v) is 7.53. The molecule has 0 radical (unpaired) electrons. The number of aromatic nitrogens is 1. The summed E-state index contributed by atoms with van der Waals surface area (Å²) in [6.45, 7) is 5.87. The van der Waals surface area contributed by atoms with E-state index in [1.54, 1.807) is 11.3 Å². The lowest BCUT2D eigenvalue weighted by Crippen LogP contribution is -2.46. The van der Waals surface area contributed by atoms with E-state index in [1.807, 2.05) is 13.8 Å². The largest absolute Gasteiger partial charge is 0.346 e. The van der Waals surface area contributed by atoms with E-state index in [-0.39, 0.29) is 36.7 Å². The fourth-order valence-electron chi connectivity index (χ4n) is 2.60. The summed E-state index contributed by atoms with van der Waals surface area (Å²) in [5.41, 5.74) is 6.85. The number of carbonyl (C=O) groups excluding carboxylic acids is 2. The van der Waals surface area contributed by atoms with E-state index in [4.69, 9.17) is 5.73 Å². The lowest BCUT2D eigenvalue weighted by molar-refractivity contribution is -0.125. The van der Waals surface area contributed by atoms with Crippen LogP contribution >= 0.6 is 23.7 Å². The number of halogens is 1. The molecule has 1 aromatic heterocycles. The minimum atomic E-state index is -0.596. The molecule has 0 bridgehead atoms. The summed E-state index contributed by atoms with van der Waals surface area (Å²) in [5, 5.41) is 5.96. The minimum absolute atomic E-state index is 0. The second-order valence-electron chi connectivity index (χ2n) is 6.44. The van der Waals surface area contributed by atoms with Gasteiger partial charge in [-0.05, 0) is 31.1 Å². The van der Waals surface area contributed by atoms with Crippen LogP contribution in [0.2, 0.25) is 0 Å². The van der Waals surface area contributed by atoms with Crippen LogP contribution in [0.25, 0.3) is 0 Å². The molecule has 0 aliphatic heterocycles. The van der Waals surface area contributed by atoms with Crippen molar-refractivity contribution in [1.29, 1.82) is 0 Å². The Kier molecular flexibility index (Phi) is 8.12. The summed E-state index contributed by atoms with van der Waals surface area (Å²) in [7, 11) is 0. The molecule has 1 aliphatic rings. The van der Waals surface area contributed by atoms with E-state index < -0.39 is 6.04 Å². The standard InChI is InChI=1S/C16H26N4O2S.ClH/c1-4-10-5-6-11-12(7-10)23-16(19-11)20-13(21)8-18-15(22)14(17)9(2)3;/h9-10,14H,4-8,17H2,1-3H3,(H,18,22)(H,19,20,21);1H/t10?,14-;/m0./s1. The Hall–Kier alpha value is -1.18. The van der Waals surface area contributed by atoms with Gasteiger partial charge in [-0.1, -0.05) is 27.2 Å². The highest BCUT2D eigenvalue weighted by molar-refractivity contribution is 7.15. The molecule has 2 amide bonds. The topological polar surface area (TPSA) is 97.1 Å². The summed E-state index contributed by atoms with van der Waals surface area (Å²) in [6.07, 6.45) is 4.39. The first-order valence-corrected chi connectivity index (χ1v) is 9.04. The maximum atomic E-state index is 11.9.